The first-order chi connectivity index (χ1) is 8.69. The van der Waals surface area contributed by atoms with Gasteiger partial charge in [0.2, 0.25) is 0 Å². The molecular weight excluding hydrogens is 271 g/mol. The predicted molar refractivity (Wildman–Crippen MR) is 75.9 cm³/mol. The largest absolute Gasteiger partial charge is 0.370 e. The summed E-state index contributed by atoms with van der Waals surface area (Å²) in [6.45, 7) is 2.81. The van der Waals surface area contributed by atoms with Crippen LogP contribution in [0.5, 0.6) is 0 Å². The van der Waals surface area contributed by atoms with Crippen molar-refractivity contribution >= 4 is 40.5 Å². The molecule has 2 N–H and O–H groups in total. The summed E-state index contributed by atoms with van der Waals surface area (Å²) in [6, 6.07) is 7.06. The van der Waals surface area contributed by atoms with Gasteiger partial charge in [-0.25, -0.2) is 9.97 Å². The molecule has 1 aromatic carbocycles. The lowest BCUT2D eigenvalue weighted by atomic mass is 10.3. The van der Waals surface area contributed by atoms with Crippen LogP contribution in [-0.4, -0.2) is 16.5 Å². The summed E-state index contributed by atoms with van der Waals surface area (Å²) >= 11 is 11.9. The van der Waals surface area contributed by atoms with Gasteiger partial charge < -0.3 is 10.6 Å². The number of benzene rings is 1. The molecule has 0 radical (unpaired) electrons. The van der Waals surface area contributed by atoms with Gasteiger partial charge in [0.25, 0.3) is 0 Å². The molecule has 0 saturated carbocycles. The maximum Gasteiger partial charge on any atom is 0.135 e. The van der Waals surface area contributed by atoms with Crippen LogP contribution in [0.25, 0.3) is 0 Å². The first-order valence-electron chi connectivity index (χ1n) is 5.47. The highest BCUT2D eigenvalue weighted by molar-refractivity contribution is 6.36. The van der Waals surface area contributed by atoms with E-state index in [1.54, 1.807) is 18.2 Å². The number of hydrogen-bond acceptors (Lipinski definition) is 4. The molecule has 1 aromatic heterocycles. The van der Waals surface area contributed by atoms with Gasteiger partial charge in [-0.1, -0.05) is 23.2 Å². The Morgan fingerprint density at radius 2 is 1.89 bits per heavy atom. The minimum atomic E-state index is 0.547. The standard InChI is InChI=1S/C12H12Cl2N4/c1-2-15-11-6-12(17-7-16-11)18-10-4-3-8(13)5-9(10)14/h3-7H,2H2,1H3,(H2,15,16,17,18). The highest BCUT2D eigenvalue weighted by atomic mass is 35.5. The third-order valence-electron chi connectivity index (χ3n) is 2.22. The fourth-order valence-electron chi connectivity index (χ4n) is 1.43. The van der Waals surface area contributed by atoms with Crippen molar-refractivity contribution in [2.24, 2.45) is 0 Å². The van der Waals surface area contributed by atoms with Gasteiger partial charge in [-0.15, -0.1) is 0 Å². The second-order valence-electron chi connectivity index (χ2n) is 3.57. The Balaban J connectivity index is 2.20. The molecule has 4 nitrogen and oxygen atoms in total. The van der Waals surface area contributed by atoms with Crippen molar-refractivity contribution in [3.63, 3.8) is 0 Å². The van der Waals surface area contributed by atoms with Crippen molar-refractivity contribution in [3.05, 3.63) is 40.6 Å². The maximum absolute atomic E-state index is 6.07. The Labute approximate surface area is 115 Å². The molecule has 94 valence electrons. The number of halogens is 2. The molecule has 0 atom stereocenters. The zero-order valence-electron chi connectivity index (χ0n) is 9.74. The Hall–Kier alpha value is -1.52. The molecule has 0 aliphatic rings. The van der Waals surface area contributed by atoms with E-state index in [-0.39, 0.29) is 0 Å². The summed E-state index contributed by atoms with van der Waals surface area (Å²) in [5.41, 5.74) is 0.752. The van der Waals surface area contributed by atoms with Crippen molar-refractivity contribution in [2.45, 2.75) is 6.92 Å². The van der Waals surface area contributed by atoms with Gasteiger partial charge in [0.15, 0.2) is 0 Å². The van der Waals surface area contributed by atoms with E-state index < -0.39 is 0 Å². The van der Waals surface area contributed by atoms with Crippen molar-refractivity contribution in [1.29, 1.82) is 0 Å². The topological polar surface area (TPSA) is 49.8 Å². The van der Waals surface area contributed by atoms with Gasteiger partial charge in [-0.2, -0.15) is 0 Å². The SMILES string of the molecule is CCNc1cc(Nc2ccc(Cl)cc2Cl)ncn1. The van der Waals surface area contributed by atoms with Gasteiger partial charge in [0, 0.05) is 17.6 Å². The highest BCUT2D eigenvalue weighted by Gasteiger charge is 2.03. The Bertz CT molecular complexity index is 545. The van der Waals surface area contributed by atoms with E-state index in [1.807, 2.05) is 13.0 Å². The maximum atomic E-state index is 6.07. The van der Waals surface area contributed by atoms with Crippen molar-refractivity contribution in [3.8, 4) is 0 Å². The molecule has 0 bridgehead atoms. The number of hydrogen-bond donors (Lipinski definition) is 2. The van der Waals surface area contributed by atoms with Crippen molar-refractivity contribution in [2.75, 3.05) is 17.2 Å². The van der Waals surface area contributed by atoms with Crippen molar-refractivity contribution in [1.82, 2.24) is 9.97 Å². The van der Waals surface area contributed by atoms with Crippen LogP contribution in [0.1, 0.15) is 6.92 Å². The van der Waals surface area contributed by atoms with Gasteiger partial charge in [0.1, 0.15) is 18.0 Å². The van der Waals surface area contributed by atoms with Crippen LogP contribution in [0.15, 0.2) is 30.6 Å². The van der Waals surface area contributed by atoms with Crippen LogP contribution >= 0.6 is 23.2 Å². The highest BCUT2D eigenvalue weighted by Crippen LogP contribution is 2.27. The van der Waals surface area contributed by atoms with Gasteiger partial charge in [-0.3, -0.25) is 0 Å². The third kappa shape index (κ3) is 3.24. The number of anilines is 3. The average molecular weight is 283 g/mol. The Morgan fingerprint density at radius 3 is 2.61 bits per heavy atom. The molecule has 0 amide bonds. The molecule has 2 aromatic rings. The molecule has 1 heterocycles. The minimum absolute atomic E-state index is 0.547. The fourth-order valence-corrected chi connectivity index (χ4v) is 1.89. The van der Waals surface area contributed by atoms with Crippen molar-refractivity contribution < 1.29 is 0 Å². The zero-order valence-corrected chi connectivity index (χ0v) is 11.3. The molecule has 0 aliphatic carbocycles. The number of nitrogens with zero attached hydrogens (tertiary/aromatic N) is 2. The first-order valence-corrected chi connectivity index (χ1v) is 6.22. The third-order valence-corrected chi connectivity index (χ3v) is 2.77. The first kappa shape index (κ1) is 12.9. The lowest BCUT2D eigenvalue weighted by Crippen LogP contribution is -2.01. The van der Waals surface area contributed by atoms with E-state index in [9.17, 15) is 0 Å². The molecule has 0 unspecified atom stereocenters. The molecule has 6 heteroatoms. The van der Waals surface area contributed by atoms with Crippen LogP contribution < -0.4 is 10.6 Å². The Morgan fingerprint density at radius 1 is 1.11 bits per heavy atom. The van der Waals surface area contributed by atoms with Crippen LogP contribution in [0.4, 0.5) is 17.3 Å². The lowest BCUT2D eigenvalue weighted by molar-refractivity contribution is 1.11. The predicted octanol–water partition coefficient (Wildman–Crippen LogP) is 3.96. The quantitative estimate of drug-likeness (QED) is 0.891. The molecule has 18 heavy (non-hydrogen) atoms. The van der Waals surface area contributed by atoms with Crippen LogP contribution in [0.3, 0.4) is 0 Å². The second kappa shape index (κ2) is 5.89. The Kier molecular flexibility index (Phi) is 4.23. The number of aromatic nitrogens is 2. The van der Waals surface area contributed by atoms with E-state index in [0.717, 1.165) is 18.1 Å². The molecular formula is C12H12Cl2N4. The zero-order chi connectivity index (χ0) is 13.0. The molecule has 2 rings (SSSR count). The van der Waals surface area contributed by atoms with Gasteiger partial charge >= 0.3 is 0 Å². The van der Waals surface area contributed by atoms with E-state index in [1.165, 1.54) is 6.33 Å². The van der Waals surface area contributed by atoms with Crippen LogP contribution in [0, 0.1) is 0 Å². The summed E-state index contributed by atoms with van der Waals surface area (Å²) in [6.07, 6.45) is 1.49. The molecule has 0 aliphatic heterocycles. The normalized spacial score (nSPS) is 10.2. The molecule has 0 spiro atoms. The fraction of sp³-hybridized carbons (Fsp3) is 0.167. The summed E-state index contributed by atoms with van der Waals surface area (Å²) in [4.78, 5) is 8.22. The summed E-state index contributed by atoms with van der Waals surface area (Å²) in [5, 5.41) is 7.37. The number of nitrogens with one attached hydrogen (secondary N) is 2. The van der Waals surface area contributed by atoms with E-state index in [4.69, 9.17) is 23.2 Å². The van der Waals surface area contributed by atoms with Gasteiger partial charge in [-0.05, 0) is 25.1 Å². The van der Waals surface area contributed by atoms with Gasteiger partial charge in [0.05, 0.1) is 10.7 Å². The smallest absolute Gasteiger partial charge is 0.135 e. The molecule has 0 saturated heterocycles. The van der Waals surface area contributed by atoms with E-state index in [0.29, 0.717) is 15.9 Å². The number of rotatable bonds is 4. The summed E-state index contributed by atoms with van der Waals surface area (Å²) in [7, 11) is 0. The van der Waals surface area contributed by atoms with E-state index >= 15 is 0 Å². The summed E-state index contributed by atoms with van der Waals surface area (Å²) < 4.78 is 0. The average Bonchev–Trinajstić information content (AvgIpc) is 2.34. The molecule has 0 fully saturated rings. The van der Waals surface area contributed by atoms with Crippen LogP contribution in [-0.2, 0) is 0 Å². The van der Waals surface area contributed by atoms with E-state index in [2.05, 4.69) is 20.6 Å². The minimum Gasteiger partial charge on any atom is -0.370 e. The van der Waals surface area contributed by atoms with Crippen LogP contribution in [0.2, 0.25) is 10.0 Å². The monoisotopic (exact) mass is 282 g/mol. The summed E-state index contributed by atoms with van der Waals surface area (Å²) in [5.74, 6) is 1.44. The second-order valence-corrected chi connectivity index (χ2v) is 4.41. The lowest BCUT2D eigenvalue weighted by Gasteiger charge is -2.09.